The van der Waals surface area contributed by atoms with Gasteiger partial charge in [0.15, 0.2) is 0 Å². The monoisotopic (exact) mass is 282 g/mol. The van der Waals surface area contributed by atoms with Crippen LogP contribution in [0.5, 0.6) is 5.88 Å². The first-order valence-corrected chi connectivity index (χ1v) is 5.53. The Bertz CT molecular complexity index is 483. The van der Waals surface area contributed by atoms with E-state index in [2.05, 4.69) is 20.9 Å². The molecule has 0 aliphatic carbocycles. The average Bonchev–Trinajstić information content (AvgIpc) is 2.78. The zero-order valence-corrected chi connectivity index (χ0v) is 10.3. The lowest BCUT2D eigenvalue weighted by molar-refractivity contribution is 0.259. The van der Waals surface area contributed by atoms with Crippen LogP contribution in [-0.2, 0) is 6.61 Å². The van der Waals surface area contributed by atoms with Crippen molar-refractivity contribution in [2.45, 2.75) is 13.5 Å². The van der Waals surface area contributed by atoms with Crippen LogP contribution in [0.4, 0.5) is 5.69 Å². The second-order valence-corrected chi connectivity index (χ2v) is 4.12. The second kappa shape index (κ2) is 4.57. The number of nitrogens with two attached hydrogens (primary N) is 1. The molecule has 2 aromatic rings. The Morgan fingerprint density at radius 1 is 1.56 bits per heavy atom. The molecule has 0 unspecified atom stereocenters. The SMILES string of the molecule is Cc1c(N)cnc(OCc2ccco2)c1Br. The molecule has 0 radical (unpaired) electrons. The van der Waals surface area contributed by atoms with Crippen molar-refractivity contribution >= 4 is 21.6 Å². The highest BCUT2D eigenvalue weighted by molar-refractivity contribution is 9.10. The van der Waals surface area contributed by atoms with Crippen LogP contribution in [0, 0.1) is 6.92 Å². The van der Waals surface area contributed by atoms with Gasteiger partial charge in [-0.25, -0.2) is 4.98 Å². The molecule has 5 heteroatoms. The first-order valence-electron chi connectivity index (χ1n) is 4.74. The van der Waals surface area contributed by atoms with Crippen molar-refractivity contribution in [3.8, 4) is 5.88 Å². The van der Waals surface area contributed by atoms with Gasteiger partial charge in [0.05, 0.1) is 22.6 Å². The van der Waals surface area contributed by atoms with Crippen molar-refractivity contribution in [1.82, 2.24) is 4.98 Å². The Kier molecular flexibility index (Phi) is 3.14. The minimum Gasteiger partial charge on any atom is -0.469 e. The molecule has 2 aromatic heterocycles. The van der Waals surface area contributed by atoms with Crippen molar-refractivity contribution < 1.29 is 9.15 Å². The summed E-state index contributed by atoms with van der Waals surface area (Å²) in [5, 5.41) is 0. The molecule has 0 aliphatic rings. The Morgan fingerprint density at radius 3 is 3.06 bits per heavy atom. The maximum Gasteiger partial charge on any atom is 0.228 e. The molecule has 0 atom stereocenters. The molecule has 0 aliphatic heterocycles. The third kappa shape index (κ3) is 2.19. The molecule has 0 spiro atoms. The summed E-state index contributed by atoms with van der Waals surface area (Å²) < 4.78 is 11.4. The zero-order chi connectivity index (χ0) is 11.5. The van der Waals surface area contributed by atoms with E-state index in [1.54, 1.807) is 12.5 Å². The zero-order valence-electron chi connectivity index (χ0n) is 8.74. The van der Waals surface area contributed by atoms with Gasteiger partial charge in [-0.3, -0.25) is 0 Å². The van der Waals surface area contributed by atoms with Gasteiger partial charge in [-0.1, -0.05) is 0 Å². The number of anilines is 1. The predicted molar refractivity (Wildman–Crippen MR) is 64.1 cm³/mol. The standard InChI is InChI=1S/C11H11BrN2O2/c1-7-9(13)5-14-11(10(7)12)16-6-8-3-2-4-15-8/h2-5H,6,13H2,1H3. The number of nitrogen functional groups attached to an aromatic ring is 1. The van der Waals surface area contributed by atoms with Crippen LogP contribution in [0.2, 0.25) is 0 Å². The summed E-state index contributed by atoms with van der Waals surface area (Å²) in [6.45, 7) is 2.25. The van der Waals surface area contributed by atoms with Crippen LogP contribution in [0.15, 0.2) is 33.5 Å². The Balaban J connectivity index is 2.13. The fraction of sp³-hybridized carbons (Fsp3) is 0.182. The van der Waals surface area contributed by atoms with Crippen LogP contribution >= 0.6 is 15.9 Å². The van der Waals surface area contributed by atoms with Crippen LogP contribution in [-0.4, -0.2) is 4.98 Å². The molecule has 84 valence electrons. The molecule has 0 aromatic carbocycles. The van der Waals surface area contributed by atoms with Gasteiger partial charge in [0, 0.05) is 0 Å². The number of pyridine rings is 1. The lowest BCUT2D eigenvalue weighted by atomic mass is 10.2. The summed E-state index contributed by atoms with van der Waals surface area (Å²) in [5.74, 6) is 1.27. The summed E-state index contributed by atoms with van der Waals surface area (Å²) in [6, 6.07) is 3.66. The molecule has 0 amide bonds. The van der Waals surface area contributed by atoms with Gasteiger partial charge in [0.2, 0.25) is 5.88 Å². The topological polar surface area (TPSA) is 61.3 Å². The van der Waals surface area contributed by atoms with E-state index in [1.807, 2.05) is 19.1 Å². The molecule has 2 rings (SSSR count). The Labute approximate surface area is 102 Å². The number of furan rings is 1. The van der Waals surface area contributed by atoms with Crippen LogP contribution in [0.25, 0.3) is 0 Å². The van der Waals surface area contributed by atoms with E-state index in [0.717, 1.165) is 15.8 Å². The molecule has 0 bridgehead atoms. The van der Waals surface area contributed by atoms with Gasteiger partial charge in [0.25, 0.3) is 0 Å². The van der Waals surface area contributed by atoms with Crippen molar-refractivity contribution in [1.29, 1.82) is 0 Å². The fourth-order valence-electron chi connectivity index (χ4n) is 1.20. The predicted octanol–water partition coefficient (Wildman–Crippen LogP) is 2.91. The summed E-state index contributed by atoms with van der Waals surface area (Å²) in [6.07, 6.45) is 3.19. The highest BCUT2D eigenvalue weighted by Crippen LogP contribution is 2.29. The van der Waals surface area contributed by atoms with Gasteiger partial charge in [-0.2, -0.15) is 0 Å². The molecule has 0 saturated heterocycles. The Morgan fingerprint density at radius 2 is 2.38 bits per heavy atom. The number of halogens is 1. The second-order valence-electron chi connectivity index (χ2n) is 3.33. The number of rotatable bonds is 3. The van der Waals surface area contributed by atoms with E-state index in [0.29, 0.717) is 18.2 Å². The maximum atomic E-state index is 5.71. The summed E-state index contributed by atoms with van der Waals surface area (Å²) >= 11 is 3.40. The lowest BCUT2D eigenvalue weighted by Crippen LogP contribution is -2.00. The van der Waals surface area contributed by atoms with E-state index in [9.17, 15) is 0 Å². The quantitative estimate of drug-likeness (QED) is 0.940. The van der Waals surface area contributed by atoms with E-state index in [1.165, 1.54) is 0 Å². The van der Waals surface area contributed by atoms with Crippen LogP contribution in [0.3, 0.4) is 0 Å². The van der Waals surface area contributed by atoms with E-state index in [4.69, 9.17) is 14.9 Å². The summed E-state index contributed by atoms with van der Waals surface area (Å²) in [4.78, 5) is 4.10. The highest BCUT2D eigenvalue weighted by Gasteiger charge is 2.09. The Hall–Kier alpha value is -1.49. The van der Waals surface area contributed by atoms with Gasteiger partial charge in [-0.05, 0) is 40.5 Å². The number of nitrogens with zero attached hydrogens (tertiary/aromatic N) is 1. The van der Waals surface area contributed by atoms with Gasteiger partial charge in [-0.15, -0.1) is 0 Å². The molecule has 2 N–H and O–H groups in total. The molecule has 16 heavy (non-hydrogen) atoms. The van der Waals surface area contributed by atoms with Crippen LogP contribution in [0.1, 0.15) is 11.3 Å². The number of hydrogen-bond acceptors (Lipinski definition) is 4. The maximum absolute atomic E-state index is 5.71. The van der Waals surface area contributed by atoms with Crippen molar-refractivity contribution in [3.05, 3.63) is 40.4 Å². The summed E-state index contributed by atoms with van der Waals surface area (Å²) in [5.41, 5.74) is 7.27. The molecule has 2 heterocycles. The minimum atomic E-state index is 0.349. The number of aromatic nitrogens is 1. The fourth-order valence-corrected chi connectivity index (χ4v) is 1.65. The first-order chi connectivity index (χ1) is 7.68. The highest BCUT2D eigenvalue weighted by atomic mass is 79.9. The third-order valence-corrected chi connectivity index (χ3v) is 3.14. The smallest absolute Gasteiger partial charge is 0.228 e. The van der Waals surface area contributed by atoms with Gasteiger partial charge in [0.1, 0.15) is 12.4 Å². The molecular weight excluding hydrogens is 272 g/mol. The summed E-state index contributed by atoms with van der Waals surface area (Å²) in [7, 11) is 0. The average molecular weight is 283 g/mol. The van der Waals surface area contributed by atoms with Gasteiger partial charge >= 0.3 is 0 Å². The van der Waals surface area contributed by atoms with Crippen molar-refractivity contribution in [3.63, 3.8) is 0 Å². The van der Waals surface area contributed by atoms with Gasteiger partial charge < -0.3 is 14.9 Å². The van der Waals surface area contributed by atoms with E-state index < -0.39 is 0 Å². The number of hydrogen-bond donors (Lipinski definition) is 1. The third-order valence-electron chi connectivity index (χ3n) is 2.20. The molecule has 0 saturated carbocycles. The van der Waals surface area contributed by atoms with Crippen molar-refractivity contribution in [2.24, 2.45) is 0 Å². The van der Waals surface area contributed by atoms with Crippen molar-refractivity contribution in [2.75, 3.05) is 5.73 Å². The van der Waals surface area contributed by atoms with E-state index >= 15 is 0 Å². The van der Waals surface area contributed by atoms with Crippen LogP contribution < -0.4 is 10.5 Å². The molecule has 4 nitrogen and oxygen atoms in total. The minimum absolute atomic E-state index is 0.349. The molecular formula is C11H11BrN2O2. The largest absolute Gasteiger partial charge is 0.469 e. The first kappa shape index (κ1) is 11.0. The lowest BCUT2D eigenvalue weighted by Gasteiger charge is -2.08. The van der Waals surface area contributed by atoms with E-state index in [-0.39, 0.29) is 0 Å². The normalized spacial score (nSPS) is 10.4. The number of ether oxygens (including phenoxy) is 1. The molecule has 0 fully saturated rings.